The molecular formula is C30H40FN5O5. The van der Waals surface area contributed by atoms with Gasteiger partial charge in [-0.2, -0.15) is 0 Å². The first-order chi connectivity index (χ1) is 19.3. The molecule has 3 amide bonds. The summed E-state index contributed by atoms with van der Waals surface area (Å²) in [6.45, 7) is 13.0. The molecule has 2 aromatic carbocycles. The van der Waals surface area contributed by atoms with E-state index in [0.717, 1.165) is 0 Å². The summed E-state index contributed by atoms with van der Waals surface area (Å²) in [5, 5.41) is 5.46. The number of carbonyl (C=O) groups is 3. The summed E-state index contributed by atoms with van der Waals surface area (Å²) in [6.07, 6.45) is 0.778. The van der Waals surface area contributed by atoms with Crippen LogP contribution in [-0.2, 0) is 16.6 Å². The third-order valence-electron chi connectivity index (χ3n) is 5.49. The number of ether oxygens (including phenoxy) is 1. The second-order valence-electron chi connectivity index (χ2n) is 9.57. The molecule has 0 bridgehead atoms. The molecule has 0 aliphatic heterocycles. The van der Waals surface area contributed by atoms with Gasteiger partial charge in [-0.05, 0) is 64.4 Å². The lowest BCUT2D eigenvalue weighted by Crippen LogP contribution is -2.33. The minimum atomic E-state index is -0.562. The van der Waals surface area contributed by atoms with Crippen molar-refractivity contribution in [1.29, 1.82) is 0 Å². The Hall–Kier alpha value is -4.67. The van der Waals surface area contributed by atoms with Crippen LogP contribution in [0, 0.1) is 19.7 Å². The zero-order valence-corrected chi connectivity index (χ0v) is 25.1. The van der Waals surface area contributed by atoms with Crippen LogP contribution in [0.1, 0.15) is 56.1 Å². The molecule has 3 aromatic rings. The fourth-order valence-corrected chi connectivity index (χ4v) is 3.85. The van der Waals surface area contributed by atoms with Crippen LogP contribution in [-0.4, -0.2) is 35.9 Å². The van der Waals surface area contributed by atoms with E-state index in [-0.39, 0.29) is 34.7 Å². The smallest absolute Gasteiger partial charge is 0.256 e. The molecule has 1 aromatic heterocycles. The van der Waals surface area contributed by atoms with Crippen molar-refractivity contribution in [3.63, 3.8) is 0 Å². The van der Waals surface area contributed by atoms with Gasteiger partial charge in [0.15, 0.2) is 0 Å². The van der Waals surface area contributed by atoms with E-state index in [0.29, 0.717) is 23.4 Å². The van der Waals surface area contributed by atoms with Crippen molar-refractivity contribution in [2.45, 2.75) is 54.1 Å². The molecule has 222 valence electrons. The van der Waals surface area contributed by atoms with Gasteiger partial charge in [0.05, 0.1) is 17.1 Å². The van der Waals surface area contributed by atoms with Gasteiger partial charge in [0.25, 0.3) is 11.5 Å². The highest BCUT2D eigenvalue weighted by Gasteiger charge is 2.28. The Labute approximate surface area is 240 Å². The molecule has 0 unspecified atom stereocenters. The fourth-order valence-electron chi connectivity index (χ4n) is 3.85. The molecule has 3 rings (SSSR count). The molecule has 10 nitrogen and oxygen atoms in total. The molecule has 11 heteroatoms. The molecule has 0 aliphatic carbocycles. The quantitative estimate of drug-likeness (QED) is 0.348. The predicted octanol–water partition coefficient (Wildman–Crippen LogP) is 4.84. The van der Waals surface area contributed by atoms with Crippen molar-refractivity contribution in [2.75, 3.05) is 17.3 Å². The number of aryl methyl sites for hydroxylation is 1. The van der Waals surface area contributed by atoms with Gasteiger partial charge in [0.1, 0.15) is 28.5 Å². The largest absolute Gasteiger partial charge is 0.488 e. The first kappa shape index (κ1) is 34.4. The zero-order valence-electron chi connectivity index (χ0n) is 25.1. The number of amides is 3. The maximum atomic E-state index is 14.7. The number of nitrogens with one attached hydrogen (secondary N) is 2. The Morgan fingerprint density at radius 1 is 1.10 bits per heavy atom. The van der Waals surface area contributed by atoms with Crippen molar-refractivity contribution >= 4 is 41.6 Å². The van der Waals surface area contributed by atoms with Gasteiger partial charge in [0, 0.05) is 25.7 Å². The van der Waals surface area contributed by atoms with E-state index in [1.165, 1.54) is 42.6 Å². The van der Waals surface area contributed by atoms with E-state index < -0.39 is 22.9 Å². The number of anilines is 4. The van der Waals surface area contributed by atoms with E-state index in [9.17, 15) is 18.8 Å². The Kier molecular flexibility index (Phi) is 12.7. The molecule has 0 aliphatic rings. The Morgan fingerprint density at radius 3 is 2.22 bits per heavy atom. The monoisotopic (exact) mass is 569 g/mol. The molecule has 0 fully saturated rings. The molecular weight excluding hydrogens is 529 g/mol. The number of pyridine rings is 1. The van der Waals surface area contributed by atoms with Gasteiger partial charge in [-0.15, -0.1) is 0 Å². The standard InChI is InChI=1S/C27H31FN4O4.C2H6.CH3NO/c1-16-11-12-21(20(28)13-16)30-24-22(25(34)29-6)23(17(2)26(35)31(24)7)32(15-33)18-9-8-10-19(14-18)36-27(3,4)5;1-2;2-1-3/h8-15,30H,1-7H3,(H,29,34);1-2H3;1H,(H2,2,3). The van der Waals surface area contributed by atoms with Crippen LogP contribution in [0.5, 0.6) is 5.75 Å². The Morgan fingerprint density at radius 2 is 1.71 bits per heavy atom. The summed E-state index contributed by atoms with van der Waals surface area (Å²) in [4.78, 5) is 48.7. The average Bonchev–Trinajstić information content (AvgIpc) is 2.92. The number of hydrogen-bond acceptors (Lipinski definition) is 6. The summed E-state index contributed by atoms with van der Waals surface area (Å²) in [5.74, 6) is -0.564. The lowest BCUT2D eigenvalue weighted by molar-refractivity contribution is -0.107. The van der Waals surface area contributed by atoms with Crippen molar-refractivity contribution in [3.8, 4) is 5.75 Å². The third-order valence-corrected chi connectivity index (χ3v) is 5.49. The first-order valence-electron chi connectivity index (χ1n) is 13.0. The average molecular weight is 570 g/mol. The molecule has 0 saturated carbocycles. The van der Waals surface area contributed by atoms with Crippen molar-refractivity contribution in [1.82, 2.24) is 9.88 Å². The second kappa shape index (κ2) is 15.2. The number of hydrogen-bond donors (Lipinski definition) is 3. The minimum absolute atomic E-state index is 0.00585. The summed E-state index contributed by atoms with van der Waals surface area (Å²) >= 11 is 0. The molecule has 1 heterocycles. The van der Waals surface area contributed by atoms with Gasteiger partial charge in [-0.25, -0.2) is 4.39 Å². The van der Waals surface area contributed by atoms with E-state index in [2.05, 4.69) is 16.4 Å². The van der Waals surface area contributed by atoms with Crippen LogP contribution in [0.3, 0.4) is 0 Å². The molecule has 0 radical (unpaired) electrons. The molecule has 4 N–H and O–H groups in total. The third kappa shape index (κ3) is 8.66. The van der Waals surface area contributed by atoms with E-state index in [1.54, 1.807) is 37.3 Å². The first-order valence-corrected chi connectivity index (χ1v) is 13.0. The number of nitrogens with two attached hydrogens (primary N) is 1. The topological polar surface area (TPSA) is 136 Å². The number of aromatic nitrogens is 1. The van der Waals surface area contributed by atoms with E-state index in [4.69, 9.17) is 9.53 Å². The lowest BCUT2D eigenvalue weighted by Gasteiger charge is -2.27. The van der Waals surface area contributed by atoms with Crippen molar-refractivity contribution < 1.29 is 23.5 Å². The predicted molar refractivity (Wildman–Crippen MR) is 161 cm³/mol. The number of rotatable bonds is 7. The highest BCUT2D eigenvalue weighted by molar-refractivity contribution is 6.08. The van der Waals surface area contributed by atoms with Crippen LogP contribution < -0.4 is 31.6 Å². The molecule has 0 spiro atoms. The summed E-state index contributed by atoms with van der Waals surface area (Å²) in [7, 11) is 2.91. The van der Waals surface area contributed by atoms with E-state index in [1.807, 2.05) is 34.6 Å². The maximum Gasteiger partial charge on any atom is 0.256 e. The van der Waals surface area contributed by atoms with Crippen molar-refractivity contribution in [2.24, 2.45) is 12.8 Å². The lowest BCUT2D eigenvalue weighted by atomic mass is 10.1. The van der Waals surface area contributed by atoms with Crippen LogP contribution in [0.25, 0.3) is 0 Å². The zero-order chi connectivity index (χ0) is 31.5. The number of carbonyl (C=O) groups excluding carboxylic acids is 3. The van der Waals surface area contributed by atoms with Crippen LogP contribution >= 0.6 is 0 Å². The molecule has 41 heavy (non-hydrogen) atoms. The number of primary amides is 1. The molecule has 0 saturated heterocycles. The van der Waals surface area contributed by atoms with Crippen molar-refractivity contribution in [3.05, 3.63) is 75.3 Å². The Bertz CT molecular complexity index is 1430. The summed E-state index contributed by atoms with van der Waals surface area (Å²) < 4.78 is 21.9. The SMILES string of the molecule is CC.CNC(=O)c1c(N(C=O)c2cccc(OC(C)(C)C)c2)c(C)c(=O)n(C)c1Nc1ccc(C)cc1F.NC=O. The second-order valence-corrected chi connectivity index (χ2v) is 9.57. The maximum absolute atomic E-state index is 14.7. The van der Waals surface area contributed by atoms with Gasteiger partial charge in [-0.3, -0.25) is 28.6 Å². The van der Waals surface area contributed by atoms with Crippen LogP contribution in [0.2, 0.25) is 0 Å². The van der Waals surface area contributed by atoms with E-state index >= 15 is 0 Å². The highest BCUT2D eigenvalue weighted by atomic mass is 19.1. The number of benzene rings is 2. The normalized spacial score (nSPS) is 10.2. The van der Waals surface area contributed by atoms with Crippen LogP contribution in [0.4, 0.5) is 27.3 Å². The van der Waals surface area contributed by atoms with Gasteiger partial charge < -0.3 is 21.1 Å². The Balaban J connectivity index is 0.00000157. The fraction of sp³-hybridized carbons (Fsp3) is 0.333. The van der Waals surface area contributed by atoms with Crippen LogP contribution in [0.15, 0.2) is 47.3 Å². The molecule has 0 atom stereocenters. The number of halogens is 1. The highest BCUT2D eigenvalue weighted by Crippen LogP contribution is 2.36. The van der Waals surface area contributed by atoms with Gasteiger partial charge in [-0.1, -0.05) is 26.0 Å². The minimum Gasteiger partial charge on any atom is -0.488 e. The van der Waals surface area contributed by atoms with Gasteiger partial charge >= 0.3 is 0 Å². The van der Waals surface area contributed by atoms with Gasteiger partial charge in [0.2, 0.25) is 12.8 Å². The summed E-state index contributed by atoms with van der Waals surface area (Å²) in [6, 6.07) is 11.3. The summed E-state index contributed by atoms with van der Waals surface area (Å²) in [5.41, 5.74) is 4.66. The number of nitrogens with zero attached hydrogens (tertiary/aromatic N) is 2.